The molecule has 4 heterocycles. The number of piperidine rings is 3. The molecule has 1 amide bonds. The fourth-order valence-corrected chi connectivity index (χ4v) is 5.48. The van der Waals surface area contributed by atoms with Crippen molar-refractivity contribution in [3.63, 3.8) is 0 Å². The first-order chi connectivity index (χ1) is 13.1. The second-order valence-corrected chi connectivity index (χ2v) is 7.93. The first kappa shape index (κ1) is 16.9. The van der Waals surface area contributed by atoms with E-state index in [9.17, 15) is 13.6 Å². The topological polar surface area (TPSA) is 23.6 Å². The van der Waals surface area contributed by atoms with Crippen LogP contribution < -0.4 is 0 Å². The van der Waals surface area contributed by atoms with Crippen LogP contribution in [0.3, 0.4) is 0 Å². The summed E-state index contributed by atoms with van der Waals surface area (Å²) in [4.78, 5) is 17.6. The normalized spacial score (nSPS) is 31.8. The summed E-state index contributed by atoms with van der Waals surface area (Å²) in [5, 5.41) is 0. The van der Waals surface area contributed by atoms with Gasteiger partial charge in [-0.3, -0.25) is 9.69 Å². The SMILES string of the molecule is O=C(c1ccccc1)N1C[C@@H](c2cccc(F)c2F)[C@@H]2[C@H]1C1CCN2CC1. The van der Waals surface area contributed by atoms with Crippen LogP contribution in [0.25, 0.3) is 0 Å². The van der Waals surface area contributed by atoms with E-state index < -0.39 is 11.6 Å². The molecule has 0 unspecified atom stereocenters. The van der Waals surface area contributed by atoms with Gasteiger partial charge < -0.3 is 4.90 Å². The molecule has 0 aromatic heterocycles. The van der Waals surface area contributed by atoms with Crippen molar-refractivity contribution < 1.29 is 13.6 Å². The van der Waals surface area contributed by atoms with E-state index in [1.54, 1.807) is 12.1 Å². The maximum absolute atomic E-state index is 14.6. The van der Waals surface area contributed by atoms with E-state index in [-0.39, 0.29) is 23.9 Å². The van der Waals surface area contributed by atoms with Crippen LogP contribution in [0.2, 0.25) is 0 Å². The van der Waals surface area contributed by atoms with Crippen molar-refractivity contribution in [2.75, 3.05) is 19.6 Å². The number of rotatable bonds is 2. The largest absolute Gasteiger partial charge is 0.333 e. The minimum atomic E-state index is -0.812. The number of fused-ring (bicyclic) bond motifs is 2. The highest BCUT2D eigenvalue weighted by Crippen LogP contribution is 2.47. The van der Waals surface area contributed by atoms with E-state index in [1.807, 2.05) is 35.2 Å². The van der Waals surface area contributed by atoms with E-state index in [0.29, 0.717) is 23.6 Å². The molecule has 2 aromatic carbocycles. The average molecular weight is 368 g/mol. The maximum Gasteiger partial charge on any atom is 0.254 e. The third kappa shape index (κ3) is 2.59. The summed E-state index contributed by atoms with van der Waals surface area (Å²) in [5.41, 5.74) is 1.06. The maximum atomic E-state index is 14.6. The second kappa shape index (κ2) is 6.41. The van der Waals surface area contributed by atoms with Gasteiger partial charge in [-0.1, -0.05) is 30.3 Å². The summed E-state index contributed by atoms with van der Waals surface area (Å²) in [6, 6.07) is 13.8. The molecule has 2 aromatic rings. The van der Waals surface area contributed by atoms with Gasteiger partial charge in [-0.25, -0.2) is 8.78 Å². The number of nitrogens with zero attached hydrogens (tertiary/aromatic N) is 2. The van der Waals surface area contributed by atoms with Crippen LogP contribution >= 0.6 is 0 Å². The van der Waals surface area contributed by atoms with Gasteiger partial charge in [0.2, 0.25) is 0 Å². The molecule has 0 spiro atoms. The van der Waals surface area contributed by atoms with Crippen LogP contribution in [0.5, 0.6) is 0 Å². The average Bonchev–Trinajstić information content (AvgIpc) is 3.14. The van der Waals surface area contributed by atoms with Gasteiger partial charge in [-0.2, -0.15) is 0 Å². The van der Waals surface area contributed by atoms with Gasteiger partial charge in [-0.05, 0) is 55.6 Å². The predicted molar refractivity (Wildman–Crippen MR) is 98.5 cm³/mol. The minimum Gasteiger partial charge on any atom is -0.333 e. The molecule has 0 aliphatic carbocycles. The first-order valence-corrected chi connectivity index (χ1v) is 9.69. The van der Waals surface area contributed by atoms with Crippen molar-refractivity contribution in [3.05, 3.63) is 71.3 Å². The van der Waals surface area contributed by atoms with Crippen LogP contribution in [0.15, 0.2) is 48.5 Å². The Bertz CT molecular complexity index is 864. The molecule has 0 radical (unpaired) electrons. The lowest BCUT2D eigenvalue weighted by Gasteiger charge is -2.51. The number of carbonyl (C=O) groups excluding carboxylic acids is 1. The molecule has 6 rings (SSSR count). The Morgan fingerprint density at radius 2 is 1.67 bits per heavy atom. The summed E-state index contributed by atoms with van der Waals surface area (Å²) < 4.78 is 28.5. The zero-order chi connectivity index (χ0) is 18.5. The van der Waals surface area contributed by atoms with Crippen molar-refractivity contribution >= 4 is 5.91 Å². The summed E-state index contributed by atoms with van der Waals surface area (Å²) in [5.74, 6) is -1.33. The Hall–Kier alpha value is -2.27. The van der Waals surface area contributed by atoms with E-state index in [1.165, 1.54) is 0 Å². The lowest BCUT2D eigenvalue weighted by molar-refractivity contribution is -0.00359. The first-order valence-electron chi connectivity index (χ1n) is 9.69. The fraction of sp³-hybridized carbons (Fsp3) is 0.409. The second-order valence-electron chi connectivity index (χ2n) is 7.93. The molecule has 4 fully saturated rings. The van der Waals surface area contributed by atoms with E-state index in [0.717, 1.165) is 32.0 Å². The minimum absolute atomic E-state index is 0.00124. The van der Waals surface area contributed by atoms with Gasteiger partial charge in [0.1, 0.15) is 0 Å². The molecule has 3 atom stereocenters. The molecule has 0 N–H and O–H groups in total. The Morgan fingerprint density at radius 3 is 2.41 bits per heavy atom. The van der Waals surface area contributed by atoms with Crippen LogP contribution in [-0.4, -0.2) is 47.4 Å². The molecule has 4 aliphatic rings. The number of benzene rings is 2. The highest BCUT2D eigenvalue weighted by Gasteiger charge is 2.55. The third-order valence-corrected chi connectivity index (χ3v) is 6.66. The van der Waals surface area contributed by atoms with Crippen LogP contribution in [-0.2, 0) is 0 Å². The molecule has 0 saturated carbocycles. The third-order valence-electron chi connectivity index (χ3n) is 6.66. The quantitative estimate of drug-likeness (QED) is 0.808. The lowest BCUT2D eigenvalue weighted by atomic mass is 9.75. The molecule has 2 bridgehead atoms. The van der Waals surface area contributed by atoms with Crippen LogP contribution in [0.4, 0.5) is 8.78 Å². The van der Waals surface area contributed by atoms with E-state index >= 15 is 0 Å². The van der Waals surface area contributed by atoms with Gasteiger partial charge >= 0.3 is 0 Å². The van der Waals surface area contributed by atoms with Gasteiger partial charge in [0.15, 0.2) is 11.6 Å². The Morgan fingerprint density at radius 1 is 0.926 bits per heavy atom. The van der Waals surface area contributed by atoms with Crippen LogP contribution in [0.1, 0.15) is 34.7 Å². The summed E-state index contributed by atoms with van der Waals surface area (Å²) >= 11 is 0. The van der Waals surface area contributed by atoms with Crippen molar-refractivity contribution in [2.45, 2.75) is 30.8 Å². The number of halogens is 2. The standard InChI is InChI=1S/C22H22F2N2O/c23-18-8-4-7-16(19(18)24)17-13-26(22(27)15-5-2-1-3-6-15)20-14-9-11-25(12-10-14)21(17)20/h1-8,14,17,20-21H,9-13H2/t17-,20+,21+/m0/s1. The van der Waals surface area contributed by atoms with Crippen molar-refractivity contribution in [1.29, 1.82) is 0 Å². The number of carbonyl (C=O) groups is 1. The highest BCUT2D eigenvalue weighted by atomic mass is 19.2. The van der Waals surface area contributed by atoms with Crippen LogP contribution in [0, 0.1) is 17.6 Å². The zero-order valence-corrected chi connectivity index (χ0v) is 15.0. The number of amides is 1. The van der Waals surface area contributed by atoms with Crippen molar-refractivity contribution in [2.24, 2.45) is 5.92 Å². The molecule has 4 saturated heterocycles. The van der Waals surface area contributed by atoms with Crippen molar-refractivity contribution in [3.8, 4) is 0 Å². The predicted octanol–water partition coefficient (Wildman–Crippen LogP) is 3.67. The van der Waals surface area contributed by atoms with E-state index in [2.05, 4.69) is 4.90 Å². The lowest BCUT2D eigenvalue weighted by Crippen LogP contribution is -2.60. The molecule has 5 heteroatoms. The van der Waals surface area contributed by atoms with Gasteiger partial charge in [0.25, 0.3) is 5.91 Å². The zero-order valence-electron chi connectivity index (χ0n) is 15.0. The molecule has 140 valence electrons. The molecular formula is C22H22F2N2O. The Kier molecular flexibility index (Phi) is 4.01. The summed E-state index contributed by atoms with van der Waals surface area (Å²) in [6.07, 6.45) is 2.14. The molecule has 3 nitrogen and oxygen atoms in total. The Balaban J connectivity index is 1.56. The fourth-order valence-electron chi connectivity index (χ4n) is 5.48. The van der Waals surface area contributed by atoms with Gasteiger partial charge in [0, 0.05) is 24.1 Å². The van der Waals surface area contributed by atoms with E-state index in [4.69, 9.17) is 0 Å². The van der Waals surface area contributed by atoms with Crippen molar-refractivity contribution in [1.82, 2.24) is 9.80 Å². The summed E-state index contributed by atoms with van der Waals surface area (Å²) in [7, 11) is 0. The molecule has 27 heavy (non-hydrogen) atoms. The van der Waals surface area contributed by atoms with Gasteiger partial charge in [-0.15, -0.1) is 0 Å². The number of hydrogen-bond donors (Lipinski definition) is 0. The molecular weight excluding hydrogens is 346 g/mol. The highest BCUT2D eigenvalue weighted by molar-refractivity contribution is 5.94. The monoisotopic (exact) mass is 368 g/mol. The van der Waals surface area contributed by atoms with Gasteiger partial charge in [0.05, 0.1) is 6.04 Å². The number of hydrogen-bond acceptors (Lipinski definition) is 2. The number of likely N-dealkylation sites (tertiary alicyclic amines) is 1. The Labute approximate surface area is 157 Å². The summed E-state index contributed by atoms with van der Waals surface area (Å²) in [6.45, 7) is 2.40. The molecule has 4 aliphatic heterocycles. The smallest absolute Gasteiger partial charge is 0.254 e.